The number of nitrogens with zero attached hydrogens (tertiary/aromatic N) is 2. The first-order valence-electron chi connectivity index (χ1n) is 7.67. The number of phenolic OH excluding ortho intramolecular Hbond substituents is 1. The number of ether oxygens (including phenoxy) is 1. The van der Waals surface area contributed by atoms with E-state index in [0.717, 1.165) is 19.3 Å². The molecule has 1 aromatic rings. The van der Waals surface area contributed by atoms with Crippen molar-refractivity contribution in [3.63, 3.8) is 0 Å². The summed E-state index contributed by atoms with van der Waals surface area (Å²) in [6.07, 6.45) is 4.71. The Morgan fingerprint density at radius 1 is 1.46 bits per heavy atom. The van der Waals surface area contributed by atoms with Crippen molar-refractivity contribution in [2.45, 2.75) is 25.7 Å². The molecule has 0 atom stereocenters. The number of carbonyl (C=O) groups is 2. The molecule has 0 aliphatic carbocycles. The van der Waals surface area contributed by atoms with E-state index in [2.05, 4.69) is 26.5 Å². The minimum atomic E-state index is -0.352. The van der Waals surface area contributed by atoms with Gasteiger partial charge in [0.15, 0.2) is 11.5 Å². The topological polar surface area (TPSA) is 91.2 Å². The molecule has 2 N–H and O–H groups in total. The van der Waals surface area contributed by atoms with Crippen molar-refractivity contribution < 1.29 is 19.4 Å². The number of rotatable bonds is 5. The highest BCUT2D eigenvalue weighted by Gasteiger charge is 2.18. The normalized spacial score (nSPS) is 15.4. The number of phenols is 1. The molecule has 1 fully saturated rings. The van der Waals surface area contributed by atoms with E-state index in [9.17, 15) is 14.7 Å². The van der Waals surface area contributed by atoms with Gasteiger partial charge in [0.1, 0.15) is 6.54 Å². The Labute approximate surface area is 148 Å². The predicted molar refractivity (Wildman–Crippen MR) is 93.1 cm³/mol. The molecule has 8 heteroatoms. The molecular formula is C16H20BrN3O4. The summed E-state index contributed by atoms with van der Waals surface area (Å²) < 4.78 is 5.66. The van der Waals surface area contributed by atoms with Crippen molar-refractivity contribution in [3.05, 3.63) is 22.2 Å². The maximum absolute atomic E-state index is 11.9. The summed E-state index contributed by atoms with van der Waals surface area (Å²) >= 11 is 3.34. The van der Waals surface area contributed by atoms with Crippen molar-refractivity contribution in [1.82, 2.24) is 10.3 Å². The van der Waals surface area contributed by atoms with E-state index in [1.165, 1.54) is 19.4 Å². The lowest BCUT2D eigenvalue weighted by Crippen LogP contribution is -2.39. The third-order valence-electron chi connectivity index (χ3n) is 3.70. The average Bonchev–Trinajstić information content (AvgIpc) is 2.75. The number of benzene rings is 1. The molecule has 7 nitrogen and oxygen atoms in total. The van der Waals surface area contributed by atoms with Gasteiger partial charge in [0.05, 0.1) is 13.3 Å². The zero-order chi connectivity index (χ0) is 17.5. The summed E-state index contributed by atoms with van der Waals surface area (Å²) in [5, 5.41) is 13.6. The van der Waals surface area contributed by atoms with Crippen LogP contribution in [0.3, 0.4) is 0 Å². The second kappa shape index (κ2) is 8.68. The Bertz CT molecular complexity index is 648. The number of halogens is 1. The van der Waals surface area contributed by atoms with Crippen LogP contribution in [0.4, 0.5) is 0 Å². The van der Waals surface area contributed by atoms with Crippen LogP contribution < -0.4 is 10.2 Å². The number of hydrazone groups is 1. The number of methoxy groups -OCH3 is 1. The fourth-order valence-electron chi connectivity index (χ4n) is 2.41. The Hall–Kier alpha value is -2.09. The van der Waals surface area contributed by atoms with Crippen LogP contribution in [0, 0.1) is 0 Å². The molecule has 1 saturated heterocycles. The van der Waals surface area contributed by atoms with Gasteiger partial charge in [-0.2, -0.15) is 5.10 Å². The Balaban J connectivity index is 1.92. The first-order chi connectivity index (χ1) is 11.5. The summed E-state index contributed by atoms with van der Waals surface area (Å²) in [7, 11) is 1.46. The maximum atomic E-state index is 11.9. The van der Waals surface area contributed by atoms with Crippen LogP contribution in [0.25, 0.3) is 0 Å². The van der Waals surface area contributed by atoms with Gasteiger partial charge in [0.2, 0.25) is 5.91 Å². The van der Waals surface area contributed by atoms with E-state index in [1.54, 1.807) is 11.0 Å². The van der Waals surface area contributed by atoms with Gasteiger partial charge in [-0.15, -0.1) is 0 Å². The van der Waals surface area contributed by atoms with Crippen molar-refractivity contribution in [2.75, 3.05) is 20.2 Å². The zero-order valence-corrected chi connectivity index (χ0v) is 15.0. The van der Waals surface area contributed by atoms with Gasteiger partial charge in [0, 0.05) is 23.0 Å². The fourth-order valence-corrected chi connectivity index (χ4v) is 2.84. The smallest absolute Gasteiger partial charge is 0.259 e. The van der Waals surface area contributed by atoms with Crippen LogP contribution in [0.2, 0.25) is 0 Å². The highest BCUT2D eigenvalue weighted by Crippen LogP contribution is 2.31. The fraction of sp³-hybridized carbons (Fsp3) is 0.438. The number of aromatic hydroxyl groups is 1. The highest BCUT2D eigenvalue weighted by molar-refractivity contribution is 9.10. The van der Waals surface area contributed by atoms with Crippen LogP contribution in [0.1, 0.15) is 31.2 Å². The lowest BCUT2D eigenvalue weighted by atomic mass is 10.2. The maximum Gasteiger partial charge on any atom is 0.259 e. The minimum absolute atomic E-state index is 0.00516. The Morgan fingerprint density at radius 2 is 2.25 bits per heavy atom. The van der Waals surface area contributed by atoms with Gasteiger partial charge in [-0.3, -0.25) is 9.59 Å². The van der Waals surface area contributed by atoms with E-state index >= 15 is 0 Å². The molecule has 0 unspecified atom stereocenters. The molecule has 0 spiro atoms. The summed E-state index contributed by atoms with van der Waals surface area (Å²) in [4.78, 5) is 25.3. The van der Waals surface area contributed by atoms with E-state index < -0.39 is 0 Å². The molecule has 1 aliphatic heterocycles. The average molecular weight is 398 g/mol. The molecule has 0 saturated carbocycles. The third-order valence-corrected chi connectivity index (χ3v) is 4.38. The van der Waals surface area contributed by atoms with E-state index in [4.69, 9.17) is 4.74 Å². The number of hydrogen-bond donors (Lipinski definition) is 2. The van der Waals surface area contributed by atoms with Crippen molar-refractivity contribution in [3.8, 4) is 11.5 Å². The quantitative estimate of drug-likeness (QED) is 0.587. The van der Waals surface area contributed by atoms with Gasteiger partial charge in [-0.1, -0.05) is 6.42 Å². The van der Waals surface area contributed by atoms with Crippen LogP contribution in [-0.2, 0) is 9.59 Å². The zero-order valence-electron chi connectivity index (χ0n) is 13.4. The molecule has 2 rings (SSSR count). The largest absolute Gasteiger partial charge is 0.504 e. The molecule has 2 amide bonds. The van der Waals surface area contributed by atoms with Gasteiger partial charge in [-0.25, -0.2) is 5.43 Å². The van der Waals surface area contributed by atoms with Crippen molar-refractivity contribution in [2.24, 2.45) is 5.10 Å². The summed E-state index contributed by atoms with van der Waals surface area (Å²) in [5.74, 6) is -0.0313. The highest BCUT2D eigenvalue weighted by atomic mass is 79.9. The van der Waals surface area contributed by atoms with Gasteiger partial charge >= 0.3 is 0 Å². The molecular weight excluding hydrogens is 378 g/mol. The Morgan fingerprint density at radius 3 is 3.00 bits per heavy atom. The predicted octanol–water partition coefficient (Wildman–Crippen LogP) is 2.02. The molecule has 0 bridgehead atoms. The number of amides is 2. The Kier molecular flexibility index (Phi) is 6.60. The van der Waals surface area contributed by atoms with Crippen LogP contribution in [0.5, 0.6) is 11.5 Å². The van der Waals surface area contributed by atoms with E-state index in [1.807, 2.05) is 0 Å². The molecule has 0 radical (unpaired) electrons. The summed E-state index contributed by atoms with van der Waals surface area (Å²) in [6.45, 7) is 0.610. The molecule has 1 aromatic carbocycles. The van der Waals surface area contributed by atoms with E-state index in [-0.39, 0.29) is 24.1 Å². The van der Waals surface area contributed by atoms with Crippen LogP contribution >= 0.6 is 15.9 Å². The van der Waals surface area contributed by atoms with E-state index in [0.29, 0.717) is 28.8 Å². The van der Waals surface area contributed by atoms with Crippen LogP contribution in [-0.4, -0.2) is 48.2 Å². The SMILES string of the molecule is COc1cc(Br)c(/C=N\NC(=O)CN2CCCCCC2=O)cc1O. The molecule has 1 aliphatic rings. The summed E-state index contributed by atoms with van der Waals surface area (Å²) in [5.41, 5.74) is 2.98. The lowest BCUT2D eigenvalue weighted by molar-refractivity contribution is -0.135. The van der Waals surface area contributed by atoms with Gasteiger partial charge in [-0.05, 0) is 40.9 Å². The molecule has 1 heterocycles. The molecule has 130 valence electrons. The standard InChI is InChI=1S/C16H20BrN3O4/c1-24-14-8-12(17)11(7-13(14)21)9-18-19-15(22)10-20-6-4-2-3-5-16(20)23/h7-9,21H,2-6,10H2,1H3,(H,19,22)/b18-9-. The number of carbonyl (C=O) groups excluding carboxylic acids is 2. The van der Waals surface area contributed by atoms with Crippen molar-refractivity contribution >= 4 is 34.0 Å². The first kappa shape index (κ1) is 18.3. The minimum Gasteiger partial charge on any atom is -0.504 e. The second-order valence-electron chi connectivity index (χ2n) is 5.46. The summed E-state index contributed by atoms with van der Waals surface area (Å²) in [6, 6.07) is 3.07. The van der Waals surface area contributed by atoms with Crippen molar-refractivity contribution in [1.29, 1.82) is 0 Å². The van der Waals surface area contributed by atoms with Crippen LogP contribution in [0.15, 0.2) is 21.7 Å². The third kappa shape index (κ3) is 4.95. The number of nitrogens with one attached hydrogen (secondary N) is 1. The number of likely N-dealkylation sites (tertiary alicyclic amines) is 1. The first-order valence-corrected chi connectivity index (χ1v) is 8.46. The monoisotopic (exact) mass is 397 g/mol. The van der Waals surface area contributed by atoms with Gasteiger partial charge < -0.3 is 14.7 Å². The molecule has 24 heavy (non-hydrogen) atoms. The number of hydrogen-bond acceptors (Lipinski definition) is 5. The molecule has 0 aromatic heterocycles. The van der Waals surface area contributed by atoms with Gasteiger partial charge in [0.25, 0.3) is 5.91 Å². The lowest BCUT2D eigenvalue weighted by Gasteiger charge is -2.18. The second-order valence-corrected chi connectivity index (χ2v) is 6.32.